The van der Waals surface area contributed by atoms with Gasteiger partial charge in [0.2, 0.25) is 0 Å². The predicted octanol–water partition coefficient (Wildman–Crippen LogP) is 2.14. The molecule has 0 atom stereocenters. The lowest BCUT2D eigenvalue weighted by Crippen LogP contribution is -2.53. The van der Waals surface area contributed by atoms with Crippen molar-refractivity contribution in [1.29, 1.82) is 5.26 Å². The molecule has 0 unspecified atom stereocenters. The van der Waals surface area contributed by atoms with E-state index in [2.05, 4.69) is 0 Å². The molecule has 0 aliphatic rings. The minimum atomic E-state index is -6.07. The van der Waals surface area contributed by atoms with Crippen molar-refractivity contribution in [3.05, 3.63) is 4.91 Å². The summed E-state index contributed by atoms with van der Waals surface area (Å²) in [6.45, 7) is 0. The van der Waals surface area contributed by atoms with Gasteiger partial charge >= 0.3 is 17.9 Å². The predicted molar refractivity (Wildman–Crippen MR) is 26.2 cm³/mol. The van der Waals surface area contributed by atoms with E-state index in [1.54, 1.807) is 0 Å². The molecule has 0 N–H and O–H groups in total. The normalized spacial score (nSPS) is 13.6. The van der Waals surface area contributed by atoms with E-state index in [0.717, 1.165) is 5.18 Å². The van der Waals surface area contributed by atoms with Crippen LogP contribution in [0.3, 0.4) is 0 Å². The standard InChI is InChI=1S/C4F6N2O/c5-3(6,7)2(1-11,12-13)4(8,9)10. The van der Waals surface area contributed by atoms with E-state index < -0.39 is 17.9 Å². The molecule has 9 heteroatoms. The third kappa shape index (κ3) is 1.56. The molecule has 0 aliphatic carbocycles. The molecule has 0 saturated carbocycles. The number of hydrogen-bond donors (Lipinski definition) is 0. The highest BCUT2D eigenvalue weighted by Crippen LogP contribution is 2.45. The van der Waals surface area contributed by atoms with Gasteiger partial charge in [-0.1, -0.05) is 0 Å². The Bertz CT molecular complexity index is 233. The maximum Gasteiger partial charge on any atom is 0.439 e. The van der Waals surface area contributed by atoms with E-state index in [0.29, 0.717) is 0 Å². The Balaban J connectivity index is 5.48. The fourth-order valence-electron chi connectivity index (χ4n) is 0.411. The molecule has 0 aromatic rings. The molecule has 13 heavy (non-hydrogen) atoms. The Morgan fingerprint density at radius 3 is 1.31 bits per heavy atom. The molecule has 0 saturated heterocycles. The number of nitriles is 1. The maximum atomic E-state index is 11.6. The van der Waals surface area contributed by atoms with Crippen molar-refractivity contribution in [3.8, 4) is 6.07 Å². The lowest BCUT2D eigenvalue weighted by Gasteiger charge is -2.23. The first-order valence-corrected chi connectivity index (χ1v) is 2.51. The van der Waals surface area contributed by atoms with Gasteiger partial charge in [-0.15, -0.1) is 4.91 Å². The van der Waals surface area contributed by atoms with Gasteiger partial charge in [0.25, 0.3) is 0 Å². The van der Waals surface area contributed by atoms with Crippen LogP contribution in [0.4, 0.5) is 26.3 Å². The van der Waals surface area contributed by atoms with E-state index in [-0.39, 0.29) is 6.07 Å². The number of halogens is 6. The van der Waals surface area contributed by atoms with Crippen LogP contribution in [0.2, 0.25) is 0 Å². The molecule has 0 radical (unpaired) electrons. The molecule has 0 fully saturated rings. The topological polar surface area (TPSA) is 53.2 Å². The summed E-state index contributed by atoms with van der Waals surface area (Å²) < 4.78 is 69.8. The summed E-state index contributed by atoms with van der Waals surface area (Å²) in [5, 5.41) is 8.48. The van der Waals surface area contributed by atoms with Crippen molar-refractivity contribution < 1.29 is 26.3 Å². The largest absolute Gasteiger partial charge is 0.439 e. The number of nitroso groups, excluding NO2 is 1. The molecule has 0 spiro atoms. The molecular weight excluding hydrogens is 206 g/mol. The van der Waals surface area contributed by atoms with Gasteiger partial charge in [0.1, 0.15) is 6.07 Å². The molecule has 0 amide bonds. The second-order valence-corrected chi connectivity index (χ2v) is 1.91. The van der Waals surface area contributed by atoms with E-state index >= 15 is 0 Å². The van der Waals surface area contributed by atoms with E-state index in [9.17, 15) is 31.2 Å². The van der Waals surface area contributed by atoms with Crippen molar-refractivity contribution in [3.63, 3.8) is 0 Å². The zero-order valence-corrected chi connectivity index (χ0v) is 5.57. The van der Waals surface area contributed by atoms with E-state index in [1.165, 1.54) is 0 Å². The minimum absolute atomic E-state index is 0.184. The summed E-state index contributed by atoms with van der Waals surface area (Å²) in [6.07, 6.45) is -12.1. The number of alkyl halides is 6. The zero-order valence-electron chi connectivity index (χ0n) is 5.57. The van der Waals surface area contributed by atoms with Gasteiger partial charge in [-0.25, -0.2) is 0 Å². The molecule has 0 aliphatic heterocycles. The second-order valence-electron chi connectivity index (χ2n) is 1.91. The molecule has 0 rings (SSSR count). The van der Waals surface area contributed by atoms with Crippen LogP contribution in [0, 0.1) is 16.2 Å². The first-order valence-electron chi connectivity index (χ1n) is 2.51. The molecule has 3 nitrogen and oxygen atoms in total. The fraction of sp³-hybridized carbons (Fsp3) is 0.750. The summed E-state index contributed by atoms with van der Waals surface area (Å²) in [4.78, 5) is 9.44. The summed E-state index contributed by atoms with van der Waals surface area (Å²) in [5.41, 5.74) is -5.17. The number of nitrogens with zero attached hydrogens (tertiary/aromatic N) is 2. The summed E-state index contributed by atoms with van der Waals surface area (Å²) in [5.74, 6) is 0. The molecule has 0 bridgehead atoms. The van der Waals surface area contributed by atoms with Gasteiger partial charge in [-0.2, -0.15) is 31.6 Å². The van der Waals surface area contributed by atoms with Crippen LogP contribution in [0.25, 0.3) is 0 Å². The van der Waals surface area contributed by atoms with Gasteiger partial charge in [-0.3, -0.25) is 0 Å². The minimum Gasteiger partial charge on any atom is -0.195 e. The van der Waals surface area contributed by atoms with Gasteiger partial charge < -0.3 is 0 Å². The SMILES string of the molecule is N#CC(N=O)(C(F)(F)F)C(F)(F)F. The third-order valence-corrected chi connectivity index (χ3v) is 1.12. The van der Waals surface area contributed by atoms with Gasteiger partial charge in [0.05, 0.1) is 0 Å². The van der Waals surface area contributed by atoms with Crippen LogP contribution in [-0.2, 0) is 0 Å². The molecule has 0 heterocycles. The van der Waals surface area contributed by atoms with Crippen molar-refractivity contribution in [2.45, 2.75) is 17.9 Å². The monoisotopic (exact) mass is 206 g/mol. The van der Waals surface area contributed by atoms with Crippen LogP contribution in [-0.4, -0.2) is 17.9 Å². The molecule has 74 valence electrons. The van der Waals surface area contributed by atoms with Gasteiger partial charge in [-0.05, 0) is 5.18 Å². The summed E-state index contributed by atoms with van der Waals surface area (Å²) in [6, 6.07) is -0.184. The highest BCUT2D eigenvalue weighted by molar-refractivity contribution is 5.17. The van der Waals surface area contributed by atoms with Crippen LogP contribution < -0.4 is 0 Å². The highest BCUT2D eigenvalue weighted by atomic mass is 19.4. The van der Waals surface area contributed by atoms with E-state index in [4.69, 9.17) is 5.26 Å². The van der Waals surface area contributed by atoms with Crippen LogP contribution in [0.5, 0.6) is 0 Å². The maximum absolute atomic E-state index is 11.6. The Labute approximate surface area is 66.9 Å². The van der Waals surface area contributed by atoms with Crippen molar-refractivity contribution in [2.24, 2.45) is 5.18 Å². The number of hydrogen-bond acceptors (Lipinski definition) is 3. The van der Waals surface area contributed by atoms with Crippen molar-refractivity contribution >= 4 is 0 Å². The lowest BCUT2D eigenvalue weighted by molar-refractivity contribution is -0.275. The molecule has 0 aromatic carbocycles. The van der Waals surface area contributed by atoms with Crippen LogP contribution in [0.15, 0.2) is 5.18 Å². The van der Waals surface area contributed by atoms with Crippen molar-refractivity contribution in [1.82, 2.24) is 0 Å². The number of rotatable bonds is 1. The molecule has 0 aromatic heterocycles. The van der Waals surface area contributed by atoms with Gasteiger partial charge in [0.15, 0.2) is 0 Å². The van der Waals surface area contributed by atoms with Crippen molar-refractivity contribution in [2.75, 3.05) is 0 Å². The lowest BCUT2D eigenvalue weighted by atomic mass is 10.0. The fourth-order valence-corrected chi connectivity index (χ4v) is 0.411. The summed E-state index contributed by atoms with van der Waals surface area (Å²) in [7, 11) is 0. The third-order valence-electron chi connectivity index (χ3n) is 1.12. The second kappa shape index (κ2) is 2.86. The average molecular weight is 206 g/mol. The Hall–Kier alpha value is -1.33. The quantitative estimate of drug-likeness (QED) is 0.487. The van der Waals surface area contributed by atoms with Crippen LogP contribution >= 0.6 is 0 Å². The first kappa shape index (κ1) is 11.7. The van der Waals surface area contributed by atoms with Crippen LogP contribution in [0.1, 0.15) is 0 Å². The molecular formula is C4F6N2O. The summed E-state index contributed by atoms with van der Waals surface area (Å²) >= 11 is 0. The average Bonchev–Trinajstić information content (AvgIpc) is 1.84. The Morgan fingerprint density at radius 1 is 1.00 bits per heavy atom. The Morgan fingerprint density at radius 2 is 1.31 bits per heavy atom. The van der Waals surface area contributed by atoms with E-state index in [1.807, 2.05) is 0 Å². The zero-order chi connectivity index (χ0) is 10.9. The smallest absolute Gasteiger partial charge is 0.195 e. The highest BCUT2D eigenvalue weighted by Gasteiger charge is 2.74. The first-order chi connectivity index (χ1) is 5.62. The Kier molecular flexibility index (Phi) is 2.57. The van der Waals surface area contributed by atoms with Gasteiger partial charge in [0, 0.05) is 0 Å².